The molecule has 0 atom stereocenters. The summed E-state index contributed by atoms with van der Waals surface area (Å²) in [4.78, 5) is 4.22. The Morgan fingerprint density at radius 2 is 2.18 bits per heavy atom. The molecular formula is C12H14FN3O. The highest BCUT2D eigenvalue weighted by Gasteiger charge is 2.09. The average molecular weight is 235 g/mol. The number of rotatable bonds is 4. The highest BCUT2D eigenvalue weighted by atomic mass is 19.1. The molecule has 0 aliphatic rings. The standard InChI is InChI=1S/C12H14FN3O/c1-8-5-9(7-10(13)6-8)12-15-11(17-16-12)3-4-14-2/h5-7,14H,3-4H2,1-2H3. The third-order valence-electron chi connectivity index (χ3n) is 2.36. The Morgan fingerprint density at radius 1 is 1.35 bits per heavy atom. The van der Waals surface area contributed by atoms with E-state index in [1.807, 2.05) is 20.0 Å². The zero-order valence-corrected chi connectivity index (χ0v) is 9.83. The van der Waals surface area contributed by atoms with E-state index in [-0.39, 0.29) is 5.82 Å². The molecule has 1 aromatic heterocycles. The average Bonchev–Trinajstić information content (AvgIpc) is 2.73. The highest BCUT2D eigenvalue weighted by Crippen LogP contribution is 2.19. The largest absolute Gasteiger partial charge is 0.339 e. The third kappa shape index (κ3) is 2.88. The van der Waals surface area contributed by atoms with Gasteiger partial charge in [-0.2, -0.15) is 4.98 Å². The predicted molar refractivity (Wildman–Crippen MR) is 62.1 cm³/mol. The number of aryl methyl sites for hydroxylation is 1. The number of nitrogens with zero attached hydrogens (tertiary/aromatic N) is 2. The first-order valence-corrected chi connectivity index (χ1v) is 5.44. The maximum absolute atomic E-state index is 13.2. The molecule has 0 saturated heterocycles. The van der Waals surface area contributed by atoms with E-state index in [1.54, 1.807) is 0 Å². The van der Waals surface area contributed by atoms with Gasteiger partial charge in [0, 0.05) is 18.5 Å². The van der Waals surface area contributed by atoms with E-state index < -0.39 is 0 Å². The highest BCUT2D eigenvalue weighted by molar-refractivity contribution is 5.55. The van der Waals surface area contributed by atoms with Crippen LogP contribution in [0.1, 0.15) is 11.5 Å². The van der Waals surface area contributed by atoms with E-state index in [0.29, 0.717) is 23.7 Å². The van der Waals surface area contributed by atoms with Crippen molar-refractivity contribution >= 4 is 0 Å². The number of benzene rings is 1. The monoisotopic (exact) mass is 235 g/mol. The van der Waals surface area contributed by atoms with Gasteiger partial charge in [0.2, 0.25) is 11.7 Å². The van der Waals surface area contributed by atoms with Gasteiger partial charge in [-0.05, 0) is 37.7 Å². The fourth-order valence-electron chi connectivity index (χ4n) is 1.57. The molecule has 0 amide bonds. The fourth-order valence-corrected chi connectivity index (χ4v) is 1.57. The summed E-state index contributed by atoms with van der Waals surface area (Å²) in [5.41, 5.74) is 1.48. The van der Waals surface area contributed by atoms with Gasteiger partial charge >= 0.3 is 0 Å². The van der Waals surface area contributed by atoms with Crippen LogP contribution in [-0.2, 0) is 6.42 Å². The molecule has 0 bridgehead atoms. The maximum atomic E-state index is 13.2. The number of hydrogen-bond acceptors (Lipinski definition) is 4. The summed E-state index contributed by atoms with van der Waals surface area (Å²) >= 11 is 0. The molecule has 2 rings (SSSR count). The van der Waals surface area contributed by atoms with Gasteiger partial charge in [0.15, 0.2) is 0 Å². The molecule has 17 heavy (non-hydrogen) atoms. The number of halogens is 1. The molecule has 4 nitrogen and oxygen atoms in total. The summed E-state index contributed by atoms with van der Waals surface area (Å²) in [6, 6.07) is 4.70. The number of hydrogen-bond donors (Lipinski definition) is 1. The van der Waals surface area contributed by atoms with Crippen LogP contribution in [0.25, 0.3) is 11.4 Å². The number of nitrogens with one attached hydrogen (secondary N) is 1. The van der Waals surface area contributed by atoms with Crippen molar-refractivity contribution in [3.63, 3.8) is 0 Å². The van der Waals surface area contributed by atoms with Crippen LogP contribution < -0.4 is 5.32 Å². The SMILES string of the molecule is CNCCc1nc(-c2cc(C)cc(F)c2)no1. The molecule has 0 aliphatic heterocycles. The smallest absolute Gasteiger partial charge is 0.228 e. The van der Waals surface area contributed by atoms with Gasteiger partial charge < -0.3 is 9.84 Å². The van der Waals surface area contributed by atoms with Crippen molar-refractivity contribution in [1.82, 2.24) is 15.5 Å². The summed E-state index contributed by atoms with van der Waals surface area (Å²) in [6.45, 7) is 2.60. The van der Waals surface area contributed by atoms with Gasteiger partial charge in [-0.15, -0.1) is 0 Å². The molecule has 1 heterocycles. The first kappa shape index (κ1) is 11.7. The summed E-state index contributed by atoms with van der Waals surface area (Å²) in [6.07, 6.45) is 0.664. The first-order valence-electron chi connectivity index (χ1n) is 5.44. The summed E-state index contributed by atoms with van der Waals surface area (Å²) < 4.78 is 18.3. The molecule has 1 aromatic carbocycles. The van der Waals surface area contributed by atoms with Crippen molar-refractivity contribution < 1.29 is 8.91 Å². The lowest BCUT2D eigenvalue weighted by Gasteiger charge is -1.97. The lowest BCUT2D eigenvalue weighted by molar-refractivity contribution is 0.377. The van der Waals surface area contributed by atoms with Crippen LogP contribution in [0, 0.1) is 12.7 Å². The lowest BCUT2D eigenvalue weighted by Crippen LogP contribution is -2.10. The Labute approximate surface area is 98.8 Å². The topological polar surface area (TPSA) is 51.0 Å². The van der Waals surface area contributed by atoms with Crippen LogP contribution in [0.3, 0.4) is 0 Å². The molecule has 0 spiro atoms. The van der Waals surface area contributed by atoms with Gasteiger partial charge in [-0.3, -0.25) is 0 Å². The van der Waals surface area contributed by atoms with Crippen LogP contribution in [-0.4, -0.2) is 23.7 Å². The summed E-state index contributed by atoms with van der Waals surface area (Å²) in [7, 11) is 1.85. The van der Waals surface area contributed by atoms with E-state index in [2.05, 4.69) is 15.5 Å². The Kier molecular flexibility index (Phi) is 3.49. The van der Waals surface area contributed by atoms with E-state index in [4.69, 9.17) is 4.52 Å². The van der Waals surface area contributed by atoms with Gasteiger partial charge in [0.1, 0.15) is 5.82 Å². The molecular weight excluding hydrogens is 221 g/mol. The van der Waals surface area contributed by atoms with Crippen LogP contribution in [0.2, 0.25) is 0 Å². The van der Waals surface area contributed by atoms with Gasteiger partial charge in [-0.25, -0.2) is 4.39 Å². The molecule has 90 valence electrons. The Bertz CT molecular complexity index is 490. The molecule has 0 aliphatic carbocycles. The van der Waals surface area contributed by atoms with Crippen molar-refractivity contribution in [2.24, 2.45) is 0 Å². The zero-order chi connectivity index (χ0) is 12.3. The minimum atomic E-state index is -0.290. The maximum Gasteiger partial charge on any atom is 0.228 e. The van der Waals surface area contributed by atoms with E-state index in [1.165, 1.54) is 12.1 Å². The molecule has 2 aromatic rings. The van der Waals surface area contributed by atoms with E-state index in [0.717, 1.165) is 12.1 Å². The fraction of sp³-hybridized carbons (Fsp3) is 0.333. The number of likely N-dealkylation sites (N-methyl/N-ethyl adjacent to an activating group) is 1. The minimum Gasteiger partial charge on any atom is -0.339 e. The molecule has 0 unspecified atom stereocenters. The van der Waals surface area contributed by atoms with Gasteiger partial charge in [-0.1, -0.05) is 5.16 Å². The van der Waals surface area contributed by atoms with Crippen LogP contribution in [0.5, 0.6) is 0 Å². The van der Waals surface area contributed by atoms with E-state index >= 15 is 0 Å². The Morgan fingerprint density at radius 3 is 2.88 bits per heavy atom. The Balaban J connectivity index is 2.24. The molecule has 0 saturated carbocycles. The van der Waals surface area contributed by atoms with Crippen LogP contribution in [0.4, 0.5) is 4.39 Å². The molecule has 0 radical (unpaired) electrons. The second kappa shape index (κ2) is 5.05. The molecule has 5 heteroatoms. The van der Waals surface area contributed by atoms with Gasteiger partial charge in [0.25, 0.3) is 0 Å². The number of aromatic nitrogens is 2. The predicted octanol–water partition coefficient (Wildman–Crippen LogP) is 1.95. The molecule has 0 fully saturated rings. The van der Waals surface area contributed by atoms with Crippen LogP contribution >= 0.6 is 0 Å². The second-order valence-electron chi connectivity index (χ2n) is 3.88. The summed E-state index contributed by atoms with van der Waals surface area (Å²) in [5, 5.41) is 6.84. The normalized spacial score (nSPS) is 10.8. The third-order valence-corrected chi connectivity index (χ3v) is 2.36. The zero-order valence-electron chi connectivity index (χ0n) is 9.83. The van der Waals surface area contributed by atoms with Crippen LogP contribution in [0.15, 0.2) is 22.7 Å². The van der Waals surface area contributed by atoms with Crippen molar-refractivity contribution in [1.29, 1.82) is 0 Å². The van der Waals surface area contributed by atoms with Crippen molar-refractivity contribution in [2.45, 2.75) is 13.3 Å². The van der Waals surface area contributed by atoms with Crippen molar-refractivity contribution in [2.75, 3.05) is 13.6 Å². The summed E-state index contributed by atoms with van der Waals surface area (Å²) in [5.74, 6) is 0.691. The first-order chi connectivity index (χ1) is 8.19. The van der Waals surface area contributed by atoms with Crippen molar-refractivity contribution in [3.05, 3.63) is 35.5 Å². The molecule has 1 N–H and O–H groups in total. The van der Waals surface area contributed by atoms with Gasteiger partial charge in [0.05, 0.1) is 0 Å². The quantitative estimate of drug-likeness (QED) is 0.880. The lowest BCUT2D eigenvalue weighted by atomic mass is 10.1. The Hall–Kier alpha value is -1.75. The second-order valence-corrected chi connectivity index (χ2v) is 3.88. The van der Waals surface area contributed by atoms with Crippen molar-refractivity contribution in [3.8, 4) is 11.4 Å². The van der Waals surface area contributed by atoms with E-state index in [9.17, 15) is 4.39 Å². The minimum absolute atomic E-state index is 0.290.